The first-order chi connectivity index (χ1) is 19.9. The number of primary amides is 1. The molecule has 2 aliphatic carbocycles. The van der Waals surface area contributed by atoms with Crippen LogP contribution in [0.2, 0.25) is 0 Å². The van der Waals surface area contributed by atoms with Crippen LogP contribution in [0.5, 0.6) is 0 Å². The normalized spacial score (nSPS) is 24.5. The highest BCUT2D eigenvalue weighted by Crippen LogP contribution is 2.45. The van der Waals surface area contributed by atoms with Gasteiger partial charge in [0.25, 0.3) is 0 Å². The Balaban J connectivity index is 1.41. The van der Waals surface area contributed by atoms with E-state index in [4.69, 9.17) is 10.5 Å². The number of nitrogens with zero attached hydrogens (tertiary/aromatic N) is 4. The van der Waals surface area contributed by atoms with E-state index in [1.54, 1.807) is 6.07 Å². The Morgan fingerprint density at radius 1 is 1.14 bits per heavy atom. The highest BCUT2D eigenvalue weighted by Gasteiger charge is 2.47. The van der Waals surface area contributed by atoms with Crippen molar-refractivity contribution in [1.82, 2.24) is 9.88 Å². The molecule has 0 unspecified atom stereocenters. The van der Waals surface area contributed by atoms with Crippen LogP contribution in [0.25, 0.3) is 0 Å². The number of likely N-dealkylation sites (N-methyl/N-ethyl adjacent to an activating group) is 1. The number of anilines is 5. The van der Waals surface area contributed by atoms with Crippen molar-refractivity contribution in [3.63, 3.8) is 0 Å². The smallest absolute Gasteiger partial charge is 0.412 e. The summed E-state index contributed by atoms with van der Waals surface area (Å²) in [4.78, 5) is 34.0. The summed E-state index contributed by atoms with van der Waals surface area (Å²) in [6.07, 6.45) is 7.03. The second-order valence-corrected chi connectivity index (χ2v) is 12.6. The van der Waals surface area contributed by atoms with E-state index in [-0.39, 0.29) is 29.7 Å². The van der Waals surface area contributed by atoms with Crippen LogP contribution in [0.1, 0.15) is 39.2 Å². The quantitative estimate of drug-likeness (QED) is 0.340. The highest BCUT2D eigenvalue weighted by molar-refractivity contribution is 5.92. The lowest BCUT2D eigenvalue weighted by Crippen LogP contribution is -2.41. The molecule has 0 spiro atoms. The molecule has 1 aromatic heterocycles. The Morgan fingerprint density at radius 3 is 2.57 bits per heavy atom. The van der Waals surface area contributed by atoms with Crippen molar-refractivity contribution in [3.8, 4) is 6.07 Å². The summed E-state index contributed by atoms with van der Waals surface area (Å²) < 4.78 is 5.53. The number of hydrogen-bond donors (Lipinski definition) is 4. The summed E-state index contributed by atoms with van der Waals surface area (Å²) in [5.74, 6) is 0.0609. The summed E-state index contributed by atoms with van der Waals surface area (Å²) in [5.41, 5.74) is 8.18. The van der Waals surface area contributed by atoms with Crippen molar-refractivity contribution in [3.05, 3.63) is 48.2 Å². The van der Waals surface area contributed by atoms with E-state index >= 15 is 0 Å². The minimum absolute atomic E-state index is 0.110. The Hall–Kier alpha value is -4.30. The summed E-state index contributed by atoms with van der Waals surface area (Å²) in [6.45, 7) is 7.26. The number of pyridine rings is 1. The molecule has 1 saturated heterocycles. The van der Waals surface area contributed by atoms with Gasteiger partial charge in [-0.05, 0) is 77.7 Å². The van der Waals surface area contributed by atoms with Gasteiger partial charge in [0.2, 0.25) is 5.91 Å². The van der Waals surface area contributed by atoms with Crippen LogP contribution in [-0.2, 0) is 9.53 Å². The molecule has 1 saturated carbocycles. The third-order valence-corrected chi connectivity index (χ3v) is 8.29. The fourth-order valence-corrected chi connectivity index (χ4v) is 6.21. The number of nitriles is 1. The summed E-state index contributed by atoms with van der Waals surface area (Å²) in [7, 11) is 4.18. The largest absolute Gasteiger partial charge is 0.444 e. The first-order valence-corrected chi connectivity index (χ1v) is 14.4. The zero-order valence-electron chi connectivity index (χ0n) is 24.8. The minimum Gasteiger partial charge on any atom is -0.444 e. The molecule has 5 rings (SSSR count). The molecule has 5 atom stereocenters. The number of carbonyl (C=O) groups is 2. The molecule has 2 fully saturated rings. The average Bonchev–Trinajstić information content (AvgIpc) is 3.66. The molecule has 2 heterocycles. The predicted octanol–water partition coefficient (Wildman–Crippen LogP) is 4.27. The lowest BCUT2D eigenvalue weighted by atomic mass is 9.88. The van der Waals surface area contributed by atoms with Crippen molar-refractivity contribution in [2.45, 2.75) is 51.3 Å². The zero-order valence-corrected chi connectivity index (χ0v) is 24.8. The molecule has 2 aromatic rings. The number of hydrogen-bond acceptors (Lipinski definition) is 9. The molecule has 1 aliphatic heterocycles. The van der Waals surface area contributed by atoms with Gasteiger partial charge in [-0.1, -0.05) is 12.2 Å². The van der Waals surface area contributed by atoms with Crippen LogP contribution in [-0.4, -0.2) is 66.8 Å². The van der Waals surface area contributed by atoms with Gasteiger partial charge in [-0.3, -0.25) is 10.1 Å². The maximum absolute atomic E-state index is 12.8. The topological polar surface area (TPSA) is 149 Å². The van der Waals surface area contributed by atoms with Gasteiger partial charge in [0.15, 0.2) is 0 Å². The number of aromatic nitrogens is 1. The van der Waals surface area contributed by atoms with Crippen LogP contribution in [0.3, 0.4) is 0 Å². The van der Waals surface area contributed by atoms with Crippen LogP contribution in [0.4, 0.5) is 33.4 Å². The van der Waals surface area contributed by atoms with Crippen LogP contribution >= 0.6 is 0 Å². The van der Waals surface area contributed by atoms with Gasteiger partial charge in [0.05, 0.1) is 28.5 Å². The average molecular weight is 573 g/mol. The number of allylic oxidation sites excluding steroid dienone is 1. The molecule has 11 nitrogen and oxygen atoms in total. The van der Waals surface area contributed by atoms with Gasteiger partial charge >= 0.3 is 6.09 Å². The zero-order chi connectivity index (χ0) is 30.2. The van der Waals surface area contributed by atoms with Gasteiger partial charge in [-0.15, -0.1) is 0 Å². The van der Waals surface area contributed by atoms with Crippen molar-refractivity contribution in [2.75, 3.05) is 48.0 Å². The molecule has 42 heavy (non-hydrogen) atoms. The van der Waals surface area contributed by atoms with Crippen molar-refractivity contribution >= 4 is 40.6 Å². The molecule has 3 aliphatic rings. The lowest BCUT2D eigenvalue weighted by molar-refractivity contribution is -0.122. The summed E-state index contributed by atoms with van der Waals surface area (Å²) in [6, 6.07) is 10.1. The number of rotatable bonds is 8. The number of nitrogens with two attached hydrogens (primary N) is 1. The molecule has 2 amide bonds. The van der Waals surface area contributed by atoms with Gasteiger partial charge in [-0.2, -0.15) is 5.26 Å². The molecule has 1 aromatic carbocycles. The molecular weight excluding hydrogens is 532 g/mol. The second kappa shape index (κ2) is 11.5. The minimum atomic E-state index is -0.657. The molecular formula is C31H40N8O3. The van der Waals surface area contributed by atoms with E-state index in [1.807, 2.05) is 39.0 Å². The van der Waals surface area contributed by atoms with E-state index in [0.717, 1.165) is 31.6 Å². The third kappa shape index (κ3) is 6.29. The monoisotopic (exact) mass is 572 g/mol. The van der Waals surface area contributed by atoms with Crippen LogP contribution in [0.15, 0.2) is 42.6 Å². The Labute approximate surface area is 247 Å². The van der Waals surface area contributed by atoms with Gasteiger partial charge in [-0.25, -0.2) is 9.78 Å². The summed E-state index contributed by atoms with van der Waals surface area (Å²) >= 11 is 0. The fourth-order valence-electron chi connectivity index (χ4n) is 6.21. The van der Waals surface area contributed by atoms with E-state index < -0.39 is 11.7 Å². The van der Waals surface area contributed by atoms with Gasteiger partial charge in [0, 0.05) is 43.1 Å². The van der Waals surface area contributed by atoms with Crippen LogP contribution in [0, 0.1) is 29.1 Å². The Morgan fingerprint density at radius 2 is 1.90 bits per heavy atom. The number of ether oxygens (including phenoxy) is 1. The first-order valence-electron chi connectivity index (χ1n) is 14.4. The van der Waals surface area contributed by atoms with E-state index in [9.17, 15) is 14.9 Å². The van der Waals surface area contributed by atoms with Crippen molar-refractivity contribution in [2.24, 2.45) is 23.5 Å². The SMILES string of the molecule is CN(C)[C@H]1CCN(c2ccc(Nc3cc(N[C@H]4[C@@H](C(N)=O)[C@@H]5C=C[C@H]4C5)c(C#N)cn3)c(NC(=O)OC(C)(C)C)c2)C1. The standard InChI is InChI=1S/C31H40N8O3/c1-31(2,3)42-30(41)37-25-13-21(39-11-10-22(17-39)38(4)5)8-9-23(25)35-26-14-24(20(15-32)16-34-26)36-28-19-7-6-18(12-19)27(28)29(33)40/h6-9,13-14,16,18-19,22,27-28H,10-12,17H2,1-5H3,(H2,33,40)(H,37,41)(H2,34,35,36)/t18-,19+,22+,27+,28-/m1/s1. The number of carbonyl (C=O) groups excluding carboxylic acids is 2. The lowest BCUT2D eigenvalue weighted by Gasteiger charge is -2.28. The predicted molar refractivity (Wildman–Crippen MR) is 164 cm³/mol. The van der Waals surface area contributed by atoms with E-state index in [0.29, 0.717) is 34.5 Å². The summed E-state index contributed by atoms with van der Waals surface area (Å²) in [5, 5.41) is 19.4. The fraction of sp³-hybridized carbons (Fsp3) is 0.484. The number of benzene rings is 1. The van der Waals surface area contributed by atoms with Gasteiger partial charge < -0.3 is 30.9 Å². The maximum atomic E-state index is 12.8. The number of fused-ring (bicyclic) bond motifs is 2. The highest BCUT2D eigenvalue weighted by atomic mass is 16.6. The molecule has 222 valence electrons. The first kappa shape index (κ1) is 29.2. The maximum Gasteiger partial charge on any atom is 0.412 e. The number of amides is 2. The molecule has 2 bridgehead atoms. The Bertz CT molecular complexity index is 1430. The van der Waals surface area contributed by atoms with E-state index in [1.165, 1.54) is 6.20 Å². The Kier molecular flexibility index (Phi) is 8.01. The molecule has 0 radical (unpaired) electrons. The molecule has 5 N–H and O–H groups in total. The van der Waals surface area contributed by atoms with Gasteiger partial charge in [0.1, 0.15) is 17.5 Å². The van der Waals surface area contributed by atoms with E-state index in [2.05, 4.69) is 63.1 Å². The van der Waals surface area contributed by atoms with Crippen LogP contribution < -0.4 is 26.6 Å². The second-order valence-electron chi connectivity index (χ2n) is 12.6. The molecule has 11 heteroatoms. The van der Waals surface area contributed by atoms with Crippen molar-refractivity contribution < 1.29 is 14.3 Å². The van der Waals surface area contributed by atoms with Crippen molar-refractivity contribution in [1.29, 1.82) is 5.26 Å². The third-order valence-electron chi connectivity index (χ3n) is 8.29. The number of nitrogens with one attached hydrogen (secondary N) is 3.